The van der Waals surface area contributed by atoms with Crippen LogP contribution in [0.15, 0.2) is 42.5 Å². The van der Waals surface area contributed by atoms with Crippen LogP contribution in [0.2, 0.25) is 0 Å². The normalized spacial score (nSPS) is 16.8. The van der Waals surface area contributed by atoms with E-state index in [0.717, 1.165) is 56.5 Å². The molecule has 1 saturated heterocycles. The van der Waals surface area contributed by atoms with Crippen LogP contribution in [0.4, 0.5) is 0 Å². The number of likely N-dealkylation sites (tertiary alicyclic amines) is 1. The maximum absolute atomic E-state index is 12.9. The molecule has 37 heavy (non-hydrogen) atoms. The Morgan fingerprint density at radius 1 is 0.946 bits per heavy atom. The fourth-order valence-corrected chi connectivity index (χ4v) is 5.19. The van der Waals surface area contributed by atoms with E-state index in [1.54, 1.807) is 31.4 Å². The Morgan fingerprint density at radius 3 is 2.38 bits per heavy atom. The monoisotopic (exact) mass is 509 g/mol. The number of carbonyl (C=O) groups is 2. The van der Waals surface area contributed by atoms with Crippen molar-refractivity contribution in [2.24, 2.45) is 5.92 Å². The van der Waals surface area contributed by atoms with Crippen molar-refractivity contribution >= 4 is 11.6 Å². The van der Waals surface area contributed by atoms with Crippen LogP contribution in [0.3, 0.4) is 0 Å². The van der Waals surface area contributed by atoms with E-state index in [9.17, 15) is 14.7 Å². The van der Waals surface area contributed by atoms with E-state index in [-0.39, 0.29) is 17.5 Å². The summed E-state index contributed by atoms with van der Waals surface area (Å²) in [7, 11) is 1.60. The number of carbonyl (C=O) groups excluding carboxylic acids is 2. The third-order valence-corrected chi connectivity index (χ3v) is 7.31. The number of aliphatic hydroxyl groups is 1. The first-order valence-electron chi connectivity index (χ1n) is 13.5. The van der Waals surface area contributed by atoms with E-state index >= 15 is 0 Å². The molecule has 2 atom stereocenters. The molecular formula is C30H39NO6. The lowest BCUT2D eigenvalue weighted by Crippen LogP contribution is -2.31. The van der Waals surface area contributed by atoms with Crippen LogP contribution in [-0.2, 0) is 4.79 Å². The molecule has 2 aliphatic rings. The van der Waals surface area contributed by atoms with Gasteiger partial charge in [-0.25, -0.2) is 0 Å². The molecule has 0 aliphatic carbocycles. The minimum absolute atomic E-state index is 0.113. The summed E-state index contributed by atoms with van der Waals surface area (Å²) in [5.41, 5.74) is 1.45. The molecular weight excluding hydrogens is 470 g/mol. The zero-order valence-electron chi connectivity index (χ0n) is 21.8. The number of rotatable bonds is 14. The molecule has 0 aromatic heterocycles. The van der Waals surface area contributed by atoms with Crippen molar-refractivity contribution in [3.05, 3.63) is 53.6 Å². The van der Waals surface area contributed by atoms with E-state index in [0.29, 0.717) is 56.1 Å². The van der Waals surface area contributed by atoms with Gasteiger partial charge < -0.3 is 24.2 Å². The van der Waals surface area contributed by atoms with Gasteiger partial charge in [0.15, 0.2) is 17.3 Å². The van der Waals surface area contributed by atoms with Crippen molar-refractivity contribution in [2.75, 3.05) is 40.0 Å². The molecule has 0 amide bonds. The van der Waals surface area contributed by atoms with Gasteiger partial charge in [0.25, 0.3) is 0 Å². The fraction of sp³-hybridized carbons (Fsp3) is 0.533. The average molecular weight is 510 g/mol. The molecule has 0 spiro atoms. The molecule has 2 aromatic carbocycles. The number of methoxy groups -OCH3 is 1. The summed E-state index contributed by atoms with van der Waals surface area (Å²) in [6.07, 6.45) is 5.21. The number of benzene rings is 2. The Balaban J connectivity index is 1.26. The number of Topliss-reactive ketones (excluding diaryl/α,β-unsaturated/α-hetero) is 2. The lowest BCUT2D eigenvalue weighted by Gasteiger charge is -2.28. The first-order chi connectivity index (χ1) is 18.0. The van der Waals surface area contributed by atoms with Crippen LogP contribution < -0.4 is 14.2 Å². The van der Waals surface area contributed by atoms with E-state index in [4.69, 9.17) is 14.2 Å². The Labute approximate surface area is 219 Å². The maximum atomic E-state index is 12.9. The van der Waals surface area contributed by atoms with Crippen LogP contribution in [-0.4, -0.2) is 61.5 Å². The highest BCUT2D eigenvalue weighted by Crippen LogP contribution is 2.36. The first-order valence-corrected chi connectivity index (χ1v) is 13.5. The molecule has 0 unspecified atom stereocenters. The van der Waals surface area contributed by atoms with Gasteiger partial charge in [0, 0.05) is 37.3 Å². The minimum Gasteiger partial charge on any atom is -0.497 e. The quantitative estimate of drug-likeness (QED) is 0.283. The van der Waals surface area contributed by atoms with Crippen molar-refractivity contribution in [2.45, 2.75) is 57.5 Å². The van der Waals surface area contributed by atoms with Gasteiger partial charge in [-0.3, -0.25) is 9.59 Å². The number of ether oxygens (including phenoxy) is 3. The summed E-state index contributed by atoms with van der Waals surface area (Å²) in [6.45, 7) is 3.75. The number of hydrogen-bond acceptors (Lipinski definition) is 7. The molecule has 7 nitrogen and oxygen atoms in total. The van der Waals surface area contributed by atoms with Gasteiger partial charge in [0.2, 0.25) is 0 Å². The number of nitrogens with zero attached hydrogens (tertiary/aromatic N) is 1. The highest BCUT2D eigenvalue weighted by Gasteiger charge is 2.28. The third-order valence-electron chi connectivity index (χ3n) is 7.31. The SMILES string of the molecule is COc1ccc(C(=O)CCCCCC(=O)C[C@H](CN2CCCC2)[C@H](O)c2ccc3c(c2)OCCO3)cc1. The third kappa shape index (κ3) is 7.79. The summed E-state index contributed by atoms with van der Waals surface area (Å²) in [6, 6.07) is 12.7. The molecule has 7 heteroatoms. The summed E-state index contributed by atoms with van der Waals surface area (Å²) in [5.74, 6) is 2.18. The summed E-state index contributed by atoms with van der Waals surface area (Å²) in [5, 5.41) is 11.3. The average Bonchev–Trinajstić information content (AvgIpc) is 3.45. The van der Waals surface area contributed by atoms with E-state index in [1.165, 1.54) is 0 Å². The predicted octanol–water partition coefficient (Wildman–Crippen LogP) is 5.00. The second kappa shape index (κ2) is 13.6. The maximum Gasteiger partial charge on any atom is 0.162 e. The Hall–Kier alpha value is -2.90. The number of ketones is 2. The number of unbranched alkanes of at least 4 members (excludes halogenated alkanes) is 2. The lowest BCUT2D eigenvalue weighted by molar-refractivity contribution is -0.121. The van der Waals surface area contributed by atoms with Gasteiger partial charge >= 0.3 is 0 Å². The zero-order valence-corrected chi connectivity index (χ0v) is 21.8. The van der Waals surface area contributed by atoms with Crippen LogP contribution in [0.5, 0.6) is 17.2 Å². The smallest absolute Gasteiger partial charge is 0.162 e. The standard InChI is InChI=1S/C30H39NO6/c1-35-26-12-9-22(10-13-26)27(33)8-4-2-3-7-25(32)19-24(21-31-15-5-6-16-31)30(34)23-11-14-28-29(20-23)37-18-17-36-28/h9-14,20,24,30,34H,2-8,15-19,21H2,1H3/t24-,30-/m1/s1. The van der Waals surface area contributed by atoms with Gasteiger partial charge in [-0.05, 0) is 80.7 Å². The summed E-state index contributed by atoms with van der Waals surface area (Å²) >= 11 is 0. The highest BCUT2D eigenvalue weighted by molar-refractivity contribution is 5.96. The zero-order chi connectivity index (χ0) is 26.0. The van der Waals surface area contributed by atoms with Gasteiger partial charge in [0.05, 0.1) is 13.2 Å². The van der Waals surface area contributed by atoms with E-state index in [2.05, 4.69) is 4.90 Å². The number of hydrogen-bond donors (Lipinski definition) is 1. The van der Waals surface area contributed by atoms with Crippen LogP contribution in [0, 0.1) is 5.92 Å². The fourth-order valence-electron chi connectivity index (χ4n) is 5.19. The molecule has 1 N–H and O–H groups in total. The topological polar surface area (TPSA) is 85.3 Å². The predicted molar refractivity (Wildman–Crippen MR) is 142 cm³/mol. The Morgan fingerprint density at radius 2 is 1.65 bits per heavy atom. The molecule has 0 saturated carbocycles. The van der Waals surface area contributed by atoms with Crippen LogP contribution >= 0.6 is 0 Å². The van der Waals surface area contributed by atoms with Crippen LogP contribution in [0.1, 0.15) is 73.4 Å². The largest absolute Gasteiger partial charge is 0.497 e. The van der Waals surface area contributed by atoms with E-state index in [1.807, 2.05) is 18.2 Å². The highest BCUT2D eigenvalue weighted by atomic mass is 16.6. The summed E-state index contributed by atoms with van der Waals surface area (Å²) in [4.78, 5) is 27.7. The van der Waals surface area contributed by atoms with Crippen molar-refractivity contribution in [1.82, 2.24) is 4.90 Å². The van der Waals surface area contributed by atoms with Gasteiger partial charge in [0.1, 0.15) is 24.7 Å². The van der Waals surface area contributed by atoms with Gasteiger partial charge in [-0.15, -0.1) is 0 Å². The van der Waals surface area contributed by atoms with Gasteiger partial charge in [-0.2, -0.15) is 0 Å². The molecule has 0 radical (unpaired) electrons. The molecule has 2 aliphatic heterocycles. The molecule has 1 fully saturated rings. The second-order valence-electron chi connectivity index (χ2n) is 10.1. The van der Waals surface area contributed by atoms with Crippen LogP contribution in [0.25, 0.3) is 0 Å². The number of aliphatic hydroxyl groups excluding tert-OH is 1. The molecule has 4 rings (SSSR count). The number of fused-ring (bicyclic) bond motifs is 1. The van der Waals surface area contributed by atoms with Crippen molar-refractivity contribution in [3.8, 4) is 17.2 Å². The Kier molecular flexibility index (Phi) is 9.97. The molecule has 200 valence electrons. The van der Waals surface area contributed by atoms with Gasteiger partial charge in [-0.1, -0.05) is 12.5 Å². The molecule has 2 aromatic rings. The van der Waals surface area contributed by atoms with Crippen molar-refractivity contribution in [1.29, 1.82) is 0 Å². The minimum atomic E-state index is -0.748. The van der Waals surface area contributed by atoms with E-state index < -0.39 is 6.10 Å². The molecule has 0 bridgehead atoms. The molecule has 2 heterocycles. The second-order valence-corrected chi connectivity index (χ2v) is 10.1. The van der Waals surface area contributed by atoms with Crippen molar-refractivity contribution in [3.63, 3.8) is 0 Å². The lowest BCUT2D eigenvalue weighted by atomic mass is 9.89. The first kappa shape index (κ1) is 27.1. The Bertz CT molecular complexity index is 1030. The summed E-state index contributed by atoms with van der Waals surface area (Å²) < 4.78 is 16.4. The van der Waals surface area contributed by atoms with Crippen molar-refractivity contribution < 1.29 is 28.9 Å².